The van der Waals surface area contributed by atoms with E-state index in [0.29, 0.717) is 12.4 Å². The summed E-state index contributed by atoms with van der Waals surface area (Å²) in [6, 6.07) is 5.25. The van der Waals surface area contributed by atoms with Crippen molar-refractivity contribution in [3.63, 3.8) is 0 Å². The number of amides is 2. The quantitative estimate of drug-likeness (QED) is 0.710. The number of carbonyl (C=O) groups is 2. The van der Waals surface area contributed by atoms with Crippen LogP contribution in [0.1, 0.15) is 31.9 Å². The van der Waals surface area contributed by atoms with Crippen LogP contribution in [0.5, 0.6) is 0 Å². The van der Waals surface area contributed by atoms with Gasteiger partial charge in [0.1, 0.15) is 0 Å². The summed E-state index contributed by atoms with van der Waals surface area (Å²) in [5, 5.41) is 15.2. The Morgan fingerprint density at radius 3 is 2.50 bits per heavy atom. The molecule has 1 aromatic heterocycles. The highest BCUT2D eigenvalue weighted by atomic mass is 16.4. The maximum absolute atomic E-state index is 12.2. The smallest absolute Gasteiger partial charge is 0.405 e. The molecule has 2 amide bonds. The first-order valence-corrected chi connectivity index (χ1v) is 10.2. The molecule has 9 nitrogen and oxygen atoms in total. The third-order valence-electron chi connectivity index (χ3n) is 5.69. The van der Waals surface area contributed by atoms with E-state index in [-0.39, 0.29) is 18.0 Å². The van der Waals surface area contributed by atoms with Crippen LogP contribution in [0.3, 0.4) is 0 Å². The molecule has 0 aliphatic carbocycles. The predicted octanol–water partition coefficient (Wildman–Crippen LogP) is 2.01. The number of hydrogen-bond donors (Lipinski definition) is 3. The van der Waals surface area contributed by atoms with Crippen LogP contribution in [0.2, 0.25) is 0 Å². The lowest BCUT2D eigenvalue weighted by atomic mass is 9.89. The van der Waals surface area contributed by atoms with Gasteiger partial charge in [0.15, 0.2) is 0 Å². The van der Waals surface area contributed by atoms with Crippen molar-refractivity contribution < 1.29 is 14.7 Å². The maximum Gasteiger partial charge on any atom is 0.405 e. The van der Waals surface area contributed by atoms with Gasteiger partial charge in [-0.2, -0.15) is 0 Å². The van der Waals surface area contributed by atoms with Crippen LogP contribution in [-0.4, -0.2) is 59.3 Å². The number of anilines is 2. The summed E-state index contributed by atoms with van der Waals surface area (Å²) in [6.07, 6.45) is 3.02. The first kappa shape index (κ1) is 20.1. The van der Waals surface area contributed by atoms with Crippen LogP contribution >= 0.6 is 0 Å². The summed E-state index contributed by atoms with van der Waals surface area (Å²) in [6.45, 7) is 7.04. The zero-order valence-electron chi connectivity index (χ0n) is 17.1. The Bertz CT molecular complexity index is 942. The molecule has 3 N–H and O–H groups in total. The van der Waals surface area contributed by atoms with Crippen LogP contribution < -0.4 is 20.4 Å². The molecule has 2 atom stereocenters. The Kier molecular flexibility index (Phi) is 5.54. The van der Waals surface area contributed by atoms with E-state index < -0.39 is 6.09 Å². The Labute approximate surface area is 175 Å². The van der Waals surface area contributed by atoms with Crippen molar-refractivity contribution in [3.05, 3.63) is 36.2 Å². The SMILES string of the molecule is CC(=O)N1c2ccc(-c3cnc(N4CCNCC4)nc3)cc2[C@H](NC(=O)O)C[C@@H]1C. The van der Waals surface area contributed by atoms with Crippen molar-refractivity contribution >= 4 is 23.6 Å². The van der Waals surface area contributed by atoms with E-state index in [4.69, 9.17) is 0 Å². The van der Waals surface area contributed by atoms with Crippen molar-refractivity contribution in [2.45, 2.75) is 32.4 Å². The number of nitrogens with one attached hydrogen (secondary N) is 2. The van der Waals surface area contributed by atoms with Crippen molar-refractivity contribution in [3.8, 4) is 11.1 Å². The molecule has 2 aromatic rings. The minimum absolute atomic E-state index is 0.0611. The lowest BCUT2D eigenvalue weighted by Gasteiger charge is -2.39. The molecular weight excluding hydrogens is 384 g/mol. The van der Waals surface area contributed by atoms with E-state index >= 15 is 0 Å². The molecule has 1 fully saturated rings. The molecule has 1 aromatic carbocycles. The molecule has 2 aliphatic rings. The largest absolute Gasteiger partial charge is 0.465 e. The average molecular weight is 410 g/mol. The molecule has 2 aliphatic heterocycles. The Hall–Kier alpha value is -3.20. The molecule has 0 bridgehead atoms. The monoisotopic (exact) mass is 410 g/mol. The number of hydrogen-bond acceptors (Lipinski definition) is 6. The van der Waals surface area contributed by atoms with Crippen LogP contribution in [-0.2, 0) is 4.79 Å². The molecule has 9 heteroatoms. The van der Waals surface area contributed by atoms with E-state index in [1.165, 1.54) is 6.92 Å². The lowest BCUT2D eigenvalue weighted by molar-refractivity contribution is -0.117. The fourth-order valence-corrected chi connectivity index (χ4v) is 4.31. The highest BCUT2D eigenvalue weighted by Gasteiger charge is 2.33. The molecular formula is C21H26N6O3. The summed E-state index contributed by atoms with van der Waals surface area (Å²) in [5.74, 6) is 0.647. The molecule has 4 rings (SSSR count). The molecule has 0 spiro atoms. The third-order valence-corrected chi connectivity index (χ3v) is 5.69. The summed E-state index contributed by atoms with van der Waals surface area (Å²) in [7, 11) is 0. The van der Waals surface area contributed by atoms with Gasteiger partial charge in [0.05, 0.1) is 6.04 Å². The number of fused-ring (bicyclic) bond motifs is 1. The standard InChI is InChI=1S/C21H26N6O3/c1-13-9-18(25-21(29)30)17-10-15(3-4-19(17)27(13)14(2)28)16-11-23-20(24-12-16)26-7-5-22-6-8-26/h3-4,10-13,18,22,25H,5-9H2,1-2H3,(H,29,30)/t13-,18+/m0/s1. The number of benzene rings is 1. The number of nitrogens with zero attached hydrogens (tertiary/aromatic N) is 4. The van der Waals surface area contributed by atoms with E-state index in [0.717, 1.165) is 48.6 Å². The second-order valence-electron chi connectivity index (χ2n) is 7.76. The average Bonchev–Trinajstić information content (AvgIpc) is 2.73. The summed E-state index contributed by atoms with van der Waals surface area (Å²) >= 11 is 0. The number of aromatic nitrogens is 2. The second kappa shape index (κ2) is 8.27. The van der Waals surface area contributed by atoms with Crippen LogP contribution in [0, 0.1) is 0 Å². The van der Waals surface area contributed by atoms with Gasteiger partial charge in [-0.15, -0.1) is 0 Å². The highest BCUT2D eigenvalue weighted by molar-refractivity contribution is 5.94. The summed E-state index contributed by atoms with van der Waals surface area (Å²) in [4.78, 5) is 36.4. The lowest BCUT2D eigenvalue weighted by Crippen LogP contribution is -2.45. The van der Waals surface area contributed by atoms with Gasteiger partial charge in [-0.1, -0.05) is 6.07 Å². The zero-order chi connectivity index (χ0) is 21.3. The van der Waals surface area contributed by atoms with Gasteiger partial charge in [-0.3, -0.25) is 4.79 Å². The predicted molar refractivity (Wildman–Crippen MR) is 114 cm³/mol. The normalized spacial score (nSPS) is 21.1. The zero-order valence-corrected chi connectivity index (χ0v) is 17.1. The minimum Gasteiger partial charge on any atom is -0.465 e. The number of carbonyl (C=O) groups excluding carboxylic acids is 1. The maximum atomic E-state index is 12.2. The van der Waals surface area contributed by atoms with E-state index in [1.807, 2.05) is 25.1 Å². The van der Waals surface area contributed by atoms with E-state index in [2.05, 4.69) is 25.5 Å². The summed E-state index contributed by atoms with van der Waals surface area (Å²) < 4.78 is 0. The van der Waals surface area contributed by atoms with E-state index in [1.54, 1.807) is 17.3 Å². The molecule has 0 radical (unpaired) electrons. The molecule has 158 valence electrons. The van der Waals surface area contributed by atoms with Crippen LogP contribution in [0.4, 0.5) is 16.4 Å². The van der Waals surface area contributed by atoms with E-state index in [9.17, 15) is 14.7 Å². The van der Waals surface area contributed by atoms with Gasteiger partial charge in [0.25, 0.3) is 0 Å². The Balaban J connectivity index is 1.67. The van der Waals surface area contributed by atoms with Crippen LogP contribution in [0.25, 0.3) is 11.1 Å². The topological polar surface area (TPSA) is 111 Å². The first-order valence-electron chi connectivity index (χ1n) is 10.2. The molecule has 30 heavy (non-hydrogen) atoms. The van der Waals surface area contributed by atoms with Gasteiger partial charge in [0, 0.05) is 62.8 Å². The third kappa shape index (κ3) is 3.93. The van der Waals surface area contributed by atoms with Gasteiger partial charge >= 0.3 is 6.09 Å². The Morgan fingerprint density at radius 1 is 1.17 bits per heavy atom. The fraction of sp³-hybridized carbons (Fsp3) is 0.429. The van der Waals surface area contributed by atoms with Crippen molar-refractivity contribution in [1.29, 1.82) is 0 Å². The molecule has 0 unspecified atom stereocenters. The van der Waals surface area contributed by atoms with Crippen molar-refractivity contribution in [2.75, 3.05) is 36.0 Å². The van der Waals surface area contributed by atoms with Gasteiger partial charge < -0.3 is 25.5 Å². The molecule has 3 heterocycles. The van der Waals surface area contributed by atoms with Crippen molar-refractivity contribution in [1.82, 2.24) is 20.6 Å². The van der Waals surface area contributed by atoms with Crippen molar-refractivity contribution in [2.24, 2.45) is 0 Å². The first-order chi connectivity index (χ1) is 14.4. The fourth-order valence-electron chi connectivity index (χ4n) is 4.31. The summed E-state index contributed by atoms with van der Waals surface area (Å²) in [5.41, 5.74) is 3.26. The highest BCUT2D eigenvalue weighted by Crippen LogP contribution is 2.39. The number of piperazine rings is 1. The molecule has 0 saturated carbocycles. The number of carboxylic acid groups (broad SMARTS) is 1. The van der Waals surface area contributed by atoms with Crippen LogP contribution in [0.15, 0.2) is 30.6 Å². The molecule has 1 saturated heterocycles. The number of rotatable bonds is 3. The Morgan fingerprint density at radius 2 is 1.87 bits per heavy atom. The van der Waals surface area contributed by atoms with Gasteiger partial charge in [-0.25, -0.2) is 14.8 Å². The van der Waals surface area contributed by atoms with Gasteiger partial charge in [0.2, 0.25) is 11.9 Å². The minimum atomic E-state index is -1.08. The van der Waals surface area contributed by atoms with Gasteiger partial charge in [-0.05, 0) is 36.6 Å². The second-order valence-corrected chi connectivity index (χ2v) is 7.76.